The van der Waals surface area contributed by atoms with Crippen molar-refractivity contribution in [3.05, 3.63) is 45.4 Å². The lowest BCUT2D eigenvalue weighted by Crippen LogP contribution is -2.63. The molecule has 2 saturated carbocycles. The first-order valence-electron chi connectivity index (χ1n) is 15.1. The molecule has 1 amide bonds. The SMILES string of the molecule is CN(C)c1cc(CNCC2CC3(CCC3)C2)c(O)c2c1C[C@H]1C[C@H]3[C@H](N(C)C)C(O)=C(C(N)=O)C(=O)[C@@]3(O)C(O)=C1C2=O. The highest BCUT2D eigenvalue weighted by Crippen LogP contribution is 2.58. The molecular weight excluding hydrogens is 552 g/mol. The minimum Gasteiger partial charge on any atom is -0.510 e. The fourth-order valence-electron chi connectivity index (χ4n) is 8.69. The number of carbonyl (C=O) groups is 3. The standard InChI is InChI=1S/C32H42N4O7/c1-35(2)20-10-17(14-34-13-15-11-31(12-15)6-5-7-31)25(37)22-18(20)8-16-9-19-24(36(3)4)27(39)23(30(33)42)29(41)32(19,43)28(40)21(16)26(22)38/h10,15-16,19,24,34,37,39-40,43H,5-9,11-14H2,1-4H3,(H2,33,42)/t16-,19-,24-,32-/m0/s1. The van der Waals surface area contributed by atoms with Gasteiger partial charge in [0.25, 0.3) is 5.91 Å². The zero-order chi connectivity index (χ0) is 31.2. The molecule has 2 fully saturated rings. The van der Waals surface area contributed by atoms with Gasteiger partial charge in [-0.25, -0.2) is 0 Å². The third-order valence-corrected chi connectivity index (χ3v) is 10.9. The topological polar surface area (TPSA) is 177 Å². The molecule has 1 spiro atoms. The number of rotatable bonds is 7. The van der Waals surface area contributed by atoms with Crippen LogP contribution in [0.5, 0.6) is 5.75 Å². The molecular formula is C32H42N4O7. The number of nitrogens with one attached hydrogen (secondary N) is 1. The van der Waals surface area contributed by atoms with Crippen LogP contribution in [-0.2, 0) is 22.6 Å². The van der Waals surface area contributed by atoms with Crippen LogP contribution in [0.25, 0.3) is 0 Å². The largest absolute Gasteiger partial charge is 0.510 e. The number of fused-ring (bicyclic) bond motifs is 3. The molecule has 1 aromatic carbocycles. The van der Waals surface area contributed by atoms with Crippen LogP contribution >= 0.6 is 0 Å². The molecule has 0 unspecified atom stereocenters. The average Bonchev–Trinajstić information content (AvgIpc) is 2.87. The number of carbonyl (C=O) groups excluding carboxylic acids is 3. The van der Waals surface area contributed by atoms with E-state index in [0.717, 1.165) is 12.2 Å². The Labute approximate surface area is 251 Å². The number of aliphatic hydroxyl groups is 3. The molecule has 4 atom stereocenters. The molecule has 0 aromatic heterocycles. The predicted molar refractivity (Wildman–Crippen MR) is 159 cm³/mol. The lowest BCUT2D eigenvalue weighted by molar-refractivity contribution is -0.148. The van der Waals surface area contributed by atoms with Gasteiger partial charge >= 0.3 is 0 Å². The van der Waals surface area contributed by atoms with Crippen molar-refractivity contribution in [3.8, 4) is 5.75 Å². The van der Waals surface area contributed by atoms with Crippen molar-refractivity contribution >= 4 is 23.2 Å². The molecule has 11 nitrogen and oxygen atoms in total. The van der Waals surface area contributed by atoms with E-state index in [4.69, 9.17) is 5.73 Å². The number of aromatic hydroxyl groups is 1. The zero-order valence-electron chi connectivity index (χ0n) is 25.2. The fourth-order valence-corrected chi connectivity index (χ4v) is 8.69. The number of anilines is 1. The second kappa shape index (κ2) is 10.1. The number of nitrogens with zero attached hydrogens (tertiary/aromatic N) is 2. The highest BCUT2D eigenvalue weighted by atomic mass is 16.3. The van der Waals surface area contributed by atoms with Crippen molar-refractivity contribution < 1.29 is 34.8 Å². The number of hydrogen-bond acceptors (Lipinski definition) is 10. The number of hydrogen-bond donors (Lipinski definition) is 6. The van der Waals surface area contributed by atoms with E-state index in [1.807, 2.05) is 25.1 Å². The fraction of sp³-hybridized carbons (Fsp3) is 0.594. The Morgan fingerprint density at radius 1 is 1.12 bits per heavy atom. The van der Waals surface area contributed by atoms with Gasteiger partial charge in [0.15, 0.2) is 11.4 Å². The van der Waals surface area contributed by atoms with Crippen LogP contribution in [-0.4, -0.2) is 89.2 Å². The molecule has 0 bridgehead atoms. The Kier molecular flexibility index (Phi) is 6.94. The summed E-state index contributed by atoms with van der Waals surface area (Å²) in [7, 11) is 6.95. The van der Waals surface area contributed by atoms with Gasteiger partial charge in [-0.2, -0.15) is 0 Å². The van der Waals surface area contributed by atoms with Gasteiger partial charge in [0.2, 0.25) is 5.78 Å². The molecule has 11 heteroatoms. The normalized spacial score (nSPS) is 29.7. The van der Waals surface area contributed by atoms with Crippen molar-refractivity contribution in [1.29, 1.82) is 0 Å². The van der Waals surface area contributed by atoms with Crippen molar-refractivity contribution in [2.75, 3.05) is 39.6 Å². The Hall–Kier alpha value is -3.41. The lowest BCUT2D eigenvalue weighted by atomic mass is 9.52. The summed E-state index contributed by atoms with van der Waals surface area (Å²) in [5.74, 6) is -5.82. The Morgan fingerprint density at radius 3 is 2.35 bits per heavy atom. The predicted octanol–water partition coefficient (Wildman–Crippen LogP) is 1.86. The molecule has 7 N–H and O–H groups in total. The summed E-state index contributed by atoms with van der Waals surface area (Å²) in [6.07, 6.45) is 6.75. The summed E-state index contributed by atoms with van der Waals surface area (Å²) >= 11 is 0. The van der Waals surface area contributed by atoms with Gasteiger partial charge in [-0.3, -0.25) is 19.3 Å². The number of Topliss-reactive ketones (excluding diaryl/α,β-unsaturated/α-hetero) is 2. The number of nitrogens with two attached hydrogens (primary N) is 1. The summed E-state index contributed by atoms with van der Waals surface area (Å²) in [5, 5.41) is 49.2. The Morgan fingerprint density at radius 2 is 1.79 bits per heavy atom. The van der Waals surface area contributed by atoms with Crippen LogP contribution in [0.15, 0.2) is 28.7 Å². The summed E-state index contributed by atoms with van der Waals surface area (Å²) < 4.78 is 0. The second-order valence-electron chi connectivity index (χ2n) is 13.9. The molecule has 232 valence electrons. The molecule has 0 heterocycles. The van der Waals surface area contributed by atoms with Crippen LogP contribution < -0.4 is 16.0 Å². The summed E-state index contributed by atoms with van der Waals surface area (Å²) in [6.45, 7) is 1.18. The van der Waals surface area contributed by atoms with Gasteiger partial charge in [0.1, 0.15) is 22.8 Å². The number of phenols is 1. The van der Waals surface area contributed by atoms with Crippen LogP contribution in [0.2, 0.25) is 0 Å². The minimum atomic E-state index is -2.65. The molecule has 0 aliphatic heterocycles. The zero-order valence-corrected chi connectivity index (χ0v) is 25.2. The molecule has 1 aromatic rings. The number of benzene rings is 1. The lowest BCUT2D eigenvalue weighted by Gasteiger charge is -2.54. The molecule has 0 saturated heterocycles. The van der Waals surface area contributed by atoms with E-state index >= 15 is 0 Å². The number of ketones is 2. The van der Waals surface area contributed by atoms with E-state index in [1.165, 1.54) is 32.1 Å². The monoisotopic (exact) mass is 594 g/mol. The summed E-state index contributed by atoms with van der Waals surface area (Å²) in [5.41, 5.74) is 4.35. The Balaban J connectivity index is 1.37. The van der Waals surface area contributed by atoms with Crippen molar-refractivity contribution in [1.82, 2.24) is 10.2 Å². The second-order valence-corrected chi connectivity index (χ2v) is 13.9. The quantitative estimate of drug-likeness (QED) is 0.256. The number of allylic oxidation sites excluding steroid dienone is 1. The van der Waals surface area contributed by atoms with E-state index in [9.17, 15) is 34.8 Å². The van der Waals surface area contributed by atoms with Gasteiger partial charge in [-0.1, -0.05) is 6.42 Å². The summed E-state index contributed by atoms with van der Waals surface area (Å²) in [6, 6.07) is 0.868. The first-order chi connectivity index (χ1) is 20.2. The average molecular weight is 595 g/mol. The van der Waals surface area contributed by atoms with E-state index in [2.05, 4.69) is 5.32 Å². The van der Waals surface area contributed by atoms with Crippen LogP contribution in [0, 0.1) is 23.2 Å². The molecule has 6 rings (SSSR count). The molecule has 5 aliphatic carbocycles. The van der Waals surface area contributed by atoms with Gasteiger partial charge in [-0.05, 0) is 88.0 Å². The number of aliphatic hydroxyl groups excluding tert-OH is 2. The summed E-state index contributed by atoms with van der Waals surface area (Å²) in [4.78, 5) is 43.3. The number of likely N-dealkylation sites (N-methyl/N-ethyl adjacent to an activating group) is 1. The minimum absolute atomic E-state index is 0.0425. The van der Waals surface area contributed by atoms with Crippen LogP contribution in [0.3, 0.4) is 0 Å². The van der Waals surface area contributed by atoms with Crippen LogP contribution in [0.4, 0.5) is 5.69 Å². The van der Waals surface area contributed by atoms with E-state index in [-0.39, 0.29) is 29.7 Å². The highest BCUT2D eigenvalue weighted by Gasteiger charge is 2.63. The third kappa shape index (κ3) is 4.22. The first kappa shape index (κ1) is 29.7. The van der Waals surface area contributed by atoms with E-state index < -0.39 is 58.0 Å². The maximum atomic E-state index is 14.2. The molecule has 43 heavy (non-hydrogen) atoms. The van der Waals surface area contributed by atoms with E-state index in [1.54, 1.807) is 19.0 Å². The molecule has 5 aliphatic rings. The molecule has 0 radical (unpaired) electrons. The van der Waals surface area contributed by atoms with Gasteiger partial charge in [0, 0.05) is 43.4 Å². The van der Waals surface area contributed by atoms with Gasteiger partial charge < -0.3 is 36.4 Å². The smallest absolute Gasteiger partial charge is 0.255 e. The van der Waals surface area contributed by atoms with Crippen LogP contribution in [0.1, 0.15) is 60.0 Å². The Bertz CT molecular complexity index is 1480. The number of phenolic OH excluding ortho intramolecular Hbond substituents is 1. The highest BCUT2D eigenvalue weighted by molar-refractivity contribution is 6.25. The van der Waals surface area contributed by atoms with Crippen molar-refractivity contribution in [2.45, 2.75) is 63.1 Å². The number of primary amides is 1. The van der Waals surface area contributed by atoms with Crippen molar-refractivity contribution in [3.63, 3.8) is 0 Å². The van der Waals surface area contributed by atoms with Gasteiger partial charge in [0.05, 0.1) is 11.6 Å². The van der Waals surface area contributed by atoms with Crippen molar-refractivity contribution in [2.24, 2.45) is 28.9 Å². The first-order valence-corrected chi connectivity index (χ1v) is 15.1. The van der Waals surface area contributed by atoms with Gasteiger partial charge in [-0.15, -0.1) is 0 Å². The van der Waals surface area contributed by atoms with E-state index in [0.29, 0.717) is 29.0 Å². The third-order valence-electron chi connectivity index (χ3n) is 10.9. The number of amides is 1. The maximum absolute atomic E-state index is 14.2. The maximum Gasteiger partial charge on any atom is 0.255 e.